The van der Waals surface area contributed by atoms with E-state index in [0.717, 1.165) is 11.0 Å². The number of alkyl halides is 1. The molecule has 0 aromatic carbocycles. The number of pyridine rings is 1. The van der Waals surface area contributed by atoms with Crippen molar-refractivity contribution in [2.45, 2.75) is 13.8 Å². The van der Waals surface area contributed by atoms with Crippen molar-refractivity contribution in [3.8, 4) is 0 Å². The first kappa shape index (κ1) is 9.63. The van der Waals surface area contributed by atoms with Crippen molar-refractivity contribution >= 4 is 15.9 Å². The molecule has 0 amide bonds. The Balaban J connectivity index is 0.000000236. The number of rotatable bonds is 0. The smallest absolute Gasteiger partial charge is 0.0372 e. The average molecular weight is 202 g/mol. The van der Waals surface area contributed by atoms with Gasteiger partial charge in [0.2, 0.25) is 0 Å². The second-order valence-electron chi connectivity index (χ2n) is 1.74. The normalized spacial score (nSPS) is 7.90. The summed E-state index contributed by atoms with van der Waals surface area (Å²) in [6.07, 6.45) is 1.79. The van der Waals surface area contributed by atoms with Gasteiger partial charge in [-0.3, -0.25) is 4.98 Å². The highest BCUT2D eigenvalue weighted by Crippen LogP contribution is 1.85. The van der Waals surface area contributed by atoms with Crippen LogP contribution in [0.25, 0.3) is 0 Å². The molecule has 0 spiro atoms. The second-order valence-corrected chi connectivity index (χ2v) is 2.86. The Labute approximate surface area is 70.6 Å². The monoisotopic (exact) mass is 201 g/mol. The van der Waals surface area contributed by atoms with Crippen LogP contribution in [-0.2, 0) is 0 Å². The lowest BCUT2D eigenvalue weighted by Gasteiger charge is -1.82. The Kier molecular flexibility index (Phi) is 6.50. The van der Waals surface area contributed by atoms with Gasteiger partial charge in [-0.15, -0.1) is 0 Å². The third kappa shape index (κ3) is 5.76. The zero-order chi connectivity index (χ0) is 7.82. The molecular weight excluding hydrogens is 190 g/mol. The molecule has 1 nitrogen and oxygen atoms in total. The third-order valence-corrected chi connectivity index (χ3v) is 0.813. The summed E-state index contributed by atoms with van der Waals surface area (Å²) in [5, 5.41) is 1.06. The summed E-state index contributed by atoms with van der Waals surface area (Å²) < 4.78 is 0. The Morgan fingerprint density at radius 1 is 1.50 bits per heavy atom. The molecule has 10 heavy (non-hydrogen) atoms. The van der Waals surface area contributed by atoms with E-state index in [1.807, 2.05) is 32.0 Å². The van der Waals surface area contributed by atoms with Crippen molar-refractivity contribution in [3.05, 3.63) is 30.1 Å². The van der Waals surface area contributed by atoms with Gasteiger partial charge in [-0.2, -0.15) is 0 Å². The Morgan fingerprint density at radius 3 is 2.30 bits per heavy atom. The summed E-state index contributed by atoms with van der Waals surface area (Å²) in [6.45, 7) is 4.01. The molecule has 2 heteroatoms. The summed E-state index contributed by atoms with van der Waals surface area (Å²) in [6, 6.07) is 5.86. The van der Waals surface area contributed by atoms with E-state index in [2.05, 4.69) is 20.9 Å². The fourth-order valence-corrected chi connectivity index (χ4v) is 0.448. The average Bonchev–Trinajstić information content (AvgIpc) is 1.91. The van der Waals surface area contributed by atoms with Crippen molar-refractivity contribution in [2.24, 2.45) is 0 Å². The maximum Gasteiger partial charge on any atom is 0.0372 e. The van der Waals surface area contributed by atoms with Crippen LogP contribution < -0.4 is 0 Å². The minimum absolute atomic E-state index is 1.06. The molecule has 0 radical (unpaired) electrons. The predicted molar refractivity (Wildman–Crippen MR) is 48.4 cm³/mol. The standard InChI is InChI=1S/C6H7N.C2H5Br/c1-6-4-2-3-5-7-6;1-2-3/h2-5H,1H3;2H2,1H3. The number of hydrogen-bond acceptors (Lipinski definition) is 1. The lowest BCUT2D eigenvalue weighted by molar-refractivity contribution is 1.20. The van der Waals surface area contributed by atoms with Crippen LogP contribution in [0.1, 0.15) is 12.6 Å². The molecule has 1 aromatic rings. The lowest BCUT2D eigenvalue weighted by atomic mass is 10.4. The van der Waals surface area contributed by atoms with E-state index in [1.54, 1.807) is 6.20 Å². The van der Waals surface area contributed by atoms with Gasteiger partial charge < -0.3 is 0 Å². The Bertz CT molecular complexity index is 151. The van der Waals surface area contributed by atoms with Gasteiger partial charge >= 0.3 is 0 Å². The Morgan fingerprint density at radius 2 is 2.10 bits per heavy atom. The molecule has 0 aliphatic rings. The number of halogens is 1. The molecule has 0 fully saturated rings. The lowest BCUT2D eigenvalue weighted by Crippen LogP contribution is -1.72. The molecule has 1 rings (SSSR count). The number of hydrogen-bond donors (Lipinski definition) is 0. The first-order chi connectivity index (χ1) is 4.81. The van der Waals surface area contributed by atoms with Crippen LogP contribution in [0.15, 0.2) is 24.4 Å². The van der Waals surface area contributed by atoms with Crippen molar-refractivity contribution in [1.82, 2.24) is 4.98 Å². The molecule has 1 heterocycles. The molecule has 0 aliphatic heterocycles. The fourth-order valence-electron chi connectivity index (χ4n) is 0.448. The predicted octanol–water partition coefficient (Wildman–Crippen LogP) is 2.79. The summed E-state index contributed by atoms with van der Waals surface area (Å²) >= 11 is 3.15. The highest BCUT2D eigenvalue weighted by Gasteiger charge is 1.73. The maximum absolute atomic E-state index is 3.98. The number of aryl methyl sites for hydroxylation is 1. The van der Waals surface area contributed by atoms with Gasteiger partial charge in [0.1, 0.15) is 0 Å². The molecule has 0 atom stereocenters. The minimum atomic E-state index is 1.06. The van der Waals surface area contributed by atoms with Crippen LogP contribution in [0, 0.1) is 6.92 Å². The molecular formula is C8H12BrN. The van der Waals surface area contributed by atoms with E-state index >= 15 is 0 Å². The van der Waals surface area contributed by atoms with Gasteiger partial charge in [0.25, 0.3) is 0 Å². The van der Waals surface area contributed by atoms with E-state index in [4.69, 9.17) is 0 Å². The SMILES string of the molecule is CCBr.Cc1ccccn1. The molecule has 0 unspecified atom stereocenters. The first-order valence-corrected chi connectivity index (χ1v) is 4.37. The zero-order valence-corrected chi connectivity index (χ0v) is 7.93. The molecule has 0 aliphatic carbocycles. The highest BCUT2D eigenvalue weighted by molar-refractivity contribution is 9.09. The number of aromatic nitrogens is 1. The molecule has 0 saturated heterocycles. The minimum Gasteiger partial charge on any atom is -0.262 e. The zero-order valence-electron chi connectivity index (χ0n) is 6.34. The van der Waals surface area contributed by atoms with E-state index in [9.17, 15) is 0 Å². The van der Waals surface area contributed by atoms with Crippen molar-refractivity contribution in [2.75, 3.05) is 5.33 Å². The van der Waals surface area contributed by atoms with E-state index in [-0.39, 0.29) is 0 Å². The van der Waals surface area contributed by atoms with Crippen LogP contribution in [0.4, 0.5) is 0 Å². The van der Waals surface area contributed by atoms with Crippen LogP contribution in [0.2, 0.25) is 0 Å². The topological polar surface area (TPSA) is 12.9 Å². The molecule has 56 valence electrons. The Hall–Kier alpha value is -0.370. The summed E-state index contributed by atoms with van der Waals surface area (Å²) in [5.74, 6) is 0. The van der Waals surface area contributed by atoms with Gasteiger partial charge in [0.15, 0.2) is 0 Å². The van der Waals surface area contributed by atoms with Crippen LogP contribution in [0.3, 0.4) is 0 Å². The van der Waals surface area contributed by atoms with Crippen LogP contribution in [-0.4, -0.2) is 10.3 Å². The van der Waals surface area contributed by atoms with Crippen molar-refractivity contribution < 1.29 is 0 Å². The number of nitrogens with zero attached hydrogens (tertiary/aromatic N) is 1. The van der Waals surface area contributed by atoms with E-state index in [1.165, 1.54) is 0 Å². The molecule has 0 bridgehead atoms. The second kappa shape index (κ2) is 6.75. The quantitative estimate of drug-likeness (QED) is 0.589. The largest absolute Gasteiger partial charge is 0.262 e. The van der Waals surface area contributed by atoms with E-state index < -0.39 is 0 Å². The van der Waals surface area contributed by atoms with Gasteiger partial charge in [-0.1, -0.05) is 28.9 Å². The first-order valence-electron chi connectivity index (χ1n) is 3.24. The van der Waals surface area contributed by atoms with Crippen molar-refractivity contribution in [1.29, 1.82) is 0 Å². The van der Waals surface area contributed by atoms with Gasteiger partial charge in [-0.25, -0.2) is 0 Å². The molecule has 0 N–H and O–H groups in total. The van der Waals surface area contributed by atoms with Gasteiger partial charge in [0, 0.05) is 17.2 Å². The third-order valence-electron chi connectivity index (χ3n) is 0.813. The maximum atomic E-state index is 3.98. The van der Waals surface area contributed by atoms with Crippen LogP contribution in [0.5, 0.6) is 0 Å². The molecule has 0 saturated carbocycles. The summed E-state index contributed by atoms with van der Waals surface area (Å²) in [5.41, 5.74) is 1.07. The molecule has 1 aromatic heterocycles. The van der Waals surface area contributed by atoms with Gasteiger partial charge in [-0.05, 0) is 19.1 Å². The summed E-state index contributed by atoms with van der Waals surface area (Å²) in [7, 11) is 0. The highest BCUT2D eigenvalue weighted by atomic mass is 79.9. The van der Waals surface area contributed by atoms with Crippen molar-refractivity contribution in [3.63, 3.8) is 0 Å². The fraction of sp³-hybridized carbons (Fsp3) is 0.375. The van der Waals surface area contributed by atoms with E-state index in [0.29, 0.717) is 0 Å². The van der Waals surface area contributed by atoms with Gasteiger partial charge in [0.05, 0.1) is 0 Å². The summed E-state index contributed by atoms with van der Waals surface area (Å²) in [4.78, 5) is 3.98. The van der Waals surface area contributed by atoms with Crippen LogP contribution >= 0.6 is 15.9 Å².